The predicted octanol–water partition coefficient (Wildman–Crippen LogP) is 5.61. The van der Waals surface area contributed by atoms with Gasteiger partial charge in [0, 0.05) is 6.10 Å². The van der Waals surface area contributed by atoms with Crippen LogP contribution in [0.3, 0.4) is 0 Å². The first kappa shape index (κ1) is 16.2. The van der Waals surface area contributed by atoms with Gasteiger partial charge in [-0.25, -0.2) is 0 Å². The SMILES string of the molecule is CC(C)(C)[C@H]1CCC[C@H](O[Si](C)(C)C(C)(C)C)C1. The first-order valence-electron chi connectivity index (χ1n) is 7.61. The van der Waals surface area contributed by atoms with Crippen molar-refractivity contribution >= 4 is 8.32 Å². The monoisotopic (exact) mass is 270 g/mol. The summed E-state index contributed by atoms with van der Waals surface area (Å²) in [5, 5.41) is 0.335. The van der Waals surface area contributed by atoms with Crippen LogP contribution in [0.2, 0.25) is 18.1 Å². The molecule has 1 rings (SSSR count). The van der Waals surface area contributed by atoms with E-state index >= 15 is 0 Å². The van der Waals surface area contributed by atoms with Gasteiger partial charge in [0.25, 0.3) is 0 Å². The molecule has 108 valence electrons. The van der Waals surface area contributed by atoms with E-state index in [1.807, 2.05) is 0 Å². The van der Waals surface area contributed by atoms with Crippen LogP contribution in [0.4, 0.5) is 0 Å². The van der Waals surface area contributed by atoms with Crippen molar-refractivity contribution in [2.24, 2.45) is 11.3 Å². The van der Waals surface area contributed by atoms with Crippen molar-refractivity contribution in [3.63, 3.8) is 0 Å². The summed E-state index contributed by atoms with van der Waals surface area (Å²) in [7, 11) is -1.58. The molecule has 1 fully saturated rings. The molecule has 18 heavy (non-hydrogen) atoms. The van der Waals surface area contributed by atoms with Gasteiger partial charge in [0.2, 0.25) is 0 Å². The summed E-state index contributed by atoms with van der Waals surface area (Å²) >= 11 is 0. The standard InChI is InChI=1S/C16H34OSi/c1-15(2,3)13-10-9-11-14(12-13)17-18(7,8)16(4,5)6/h13-14H,9-12H2,1-8H3/t13-,14-/m0/s1. The van der Waals surface area contributed by atoms with Crippen molar-refractivity contribution in [3.8, 4) is 0 Å². The van der Waals surface area contributed by atoms with Crippen molar-refractivity contribution in [1.82, 2.24) is 0 Å². The molecule has 0 amide bonds. The number of rotatable bonds is 2. The summed E-state index contributed by atoms with van der Waals surface area (Å²) in [6.07, 6.45) is 5.81. The zero-order valence-electron chi connectivity index (χ0n) is 13.9. The fraction of sp³-hybridized carbons (Fsp3) is 1.00. The third-order valence-electron chi connectivity index (χ3n) is 5.12. The molecule has 0 spiro atoms. The molecule has 0 unspecified atom stereocenters. The maximum Gasteiger partial charge on any atom is 0.192 e. The van der Waals surface area contributed by atoms with Crippen LogP contribution in [-0.4, -0.2) is 14.4 Å². The first-order valence-corrected chi connectivity index (χ1v) is 10.5. The molecule has 0 aromatic carbocycles. The van der Waals surface area contributed by atoms with E-state index in [2.05, 4.69) is 54.6 Å². The summed E-state index contributed by atoms with van der Waals surface area (Å²) < 4.78 is 6.61. The third-order valence-corrected chi connectivity index (χ3v) is 9.65. The Morgan fingerprint density at radius 3 is 1.94 bits per heavy atom. The third kappa shape index (κ3) is 4.09. The second-order valence-corrected chi connectivity index (χ2v) is 13.5. The number of hydrogen-bond acceptors (Lipinski definition) is 1. The summed E-state index contributed by atoms with van der Waals surface area (Å²) in [5.41, 5.74) is 0.440. The second kappa shape index (κ2) is 5.28. The molecular formula is C16H34OSi. The Hall–Kier alpha value is 0.177. The quantitative estimate of drug-likeness (QED) is 0.592. The molecule has 1 aliphatic carbocycles. The Labute approximate surface area is 116 Å². The van der Waals surface area contributed by atoms with Crippen LogP contribution in [0.1, 0.15) is 67.2 Å². The highest BCUT2D eigenvalue weighted by Crippen LogP contribution is 2.43. The highest BCUT2D eigenvalue weighted by atomic mass is 28.4. The van der Waals surface area contributed by atoms with E-state index in [0.717, 1.165) is 5.92 Å². The van der Waals surface area contributed by atoms with Crippen molar-refractivity contribution in [2.45, 2.75) is 91.5 Å². The topological polar surface area (TPSA) is 9.23 Å². The van der Waals surface area contributed by atoms with Gasteiger partial charge in [-0.15, -0.1) is 0 Å². The largest absolute Gasteiger partial charge is 0.414 e. The lowest BCUT2D eigenvalue weighted by atomic mass is 9.72. The maximum atomic E-state index is 6.61. The molecule has 0 N–H and O–H groups in total. The molecule has 0 aliphatic heterocycles. The van der Waals surface area contributed by atoms with E-state index in [1.165, 1.54) is 25.7 Å². The highest BCUT2D eigenvalue weighted by molar-refractivity contribution is 6.74. The summed E-state index contributed by atoms with van der Waals surface area (Å²) in [6, 6.07) is 0. The van der Waals surface area contributed by atoms with Gasteiger partial charge in [0.1, 0.15) is 0 Å². The number of hydrogen-bond donors (Lipinski definition) is 0. The fourth-order valence-electron chi connectivity index (χ4n) is 2.63. The molecule has 0 heterocycles. The van der Waals surface area contributed by atoms with E-state index in [-0.39, 0.29) is 0 Å². The average molecular weight is 271 g/mol. The van der Waals surface area contributed by atoms with Gasteiger partial charge in [0.15, 0.2) is 8.32 Å². The van der Waals surface area contributed by atoms with E-state index in [0.29, 0.717) is 16.6 Å². The van der Waals surface area contributed by atoms with E-state index in [4.69, 9.17) is 4.43 Å². The molecule has 1 saturated carbocycles. The van der Waals surface area contributed by atoms with Crippen molar-refractivity contribution < 1.29 is 4.43 Å². The summed E-state index contributed by atoms with van der Waals surface area (Å²) in [4.78, 5) is 0. The molecule has 0 aromatic heterocycles. The Kier molecular flexibility index (Phi) is 4.76. The Morgan fingerprint density at radius 2 is 1.50 bits per heavy atom. The molecule has 1 aliphatic rings. The Morgan fingerprint density at radius 1 is 0.944 bits per heavy atom. The molecule has 2 atom stereocenters. The lowest BCUT2D eigenvalue weighted by Crippen LogP contribution is -2.45. The van der Waals surface area contributed by atoms with Crippen LogP contribution in [0.15, 0.2) is 0 Å². The molecular weight excluding hydrogens is 236 g/mol. The van der Waals surface area contributed by atoms with Gasteiger partial charge < -0.3 is 4.43 Å². The fourth-order valence-corrected chi connectivity index (χ4v) is 4.03. The van der Waals surface area contributed by atoms with Crippen LogP contribution < -0.4 is 0 Å². The molecule has 0 saturated heterocycles. The maximum absolute atomic E-state index is 6.61. The summed E-state index contributed by atoms with van der Waals surface area (Å²) in [5.74, 6) is 0.834. The van der Waals surface area contributed by atoms with Gasteiger partial charge in [-0.2, -0.15) is 0 Å². The van der Waals surface area contributed by atoms with Gasteiger partial charge in [-0.1, -0.05) is 48.0 Å². The zero-order chi connectivity index (χ0) is 14.2. The smallest absolute Gasteiger partial charge is 0.192 e. The molecule has 0 bridgehead atoms. The molecule has 2 heteroatoms. The average Bonchev–Trinajstić information content (AvgIpc) is 2.14. The van der Waals surface area contributed by atoms with Crippen LogP contribution in [-0.2, 0) is 4.43 Å². The first-order chi connectivity index (χ1) is 7.93. The minimum absolute atomic E-state index is 0.335. The van der Waals surface area contributed by atoms with Gasteiger partial charge in [-0.3, -0.25) is 0 Å². The van der Waals surface area contributed by atoms with E-state index in [9.17, 15) is 0 Å². The minimum atomic E-state index is -1.58. The highest BCUT2D eigenvalue weighted by Gasteiger charge is 2.41. The van der Waals surface area contributed by atoms with Crippen molar-refractivity contribution in [3.05, 3.63) is 0 Å². The van der Waals surface area contributed by atoms with Gasteiger partial charge in [-0.05, 0) is 48.7 Å². The summed E-state index contributed by atoms with van der Waals surface area (Å²) in [6.45, 7) is 18.9. The van der Waals surface area contributed by atoms with Crippen LogP contribution in [0, 0.1) is 11.3 Å². The molecule has 0 radical (unpaired) electrons. The minimum Gasteiger partial charge on any atom is -0.414 e. The van der Waals surface area contributed by atoms with Crippen LogP contribution in [0.25, 0.3) is 0 Å². The Balaban J connectivity index is 2.64. The lowest BCUT2D eigenvalue weighted by molar-refractivity contribution is 0.0655. The molecule has 0 aromatic rings. The van der Waals surface area contributed by atoms with E-state index in [1.54, 1.807) is 0 Å². The lowest BCUT2D eigenvalue weighted by Gasteiger charge is -2.44. The van der Waals surface area contributed by atoms with Gasteiger partial charge >= 0.3 is 0 Å². The van der Waals surface area contributed by atoms with Crippen LogP contribution in [0.5, 0.6) is 0 Å². The predicted molar refractivity (Wildman–Crippen MR) is 83.5 cm³/mol. The van der Waals surface area contributed by atoms with Crippen molar-refractivity contribution in [2.75, 3.05) is 0 Å². The zero-order valence-corrected chi connectivity index (χ0v) is 14.9. The second-order valence-electron chi connectivity index (χ2n) is 8.73. The molecule has 1 nitrogen and oxygen atoms in total. The van der Waals surface area contributed by atoms with E-state index < -0.39 is 8.32 Å². The Bertz CT molecular complexity index is 270. The van der Waals surface area contributed by atoms with Crippen LogP contribution >= 0.6 is 0 Å². The van der Waals surface area contributed by atoms with Crippen molar-refractivity contribution in [1.29, 1.82) is 0 Å². The van der Waals surface area contributed by atoms with Gasteiger partial charge in [0.05, 0.1) is 0 Å². The normalized spacial score (nSPS) is 27.3.